The van der Waals surface area contributed by atoms with Crippen LogP contribution in [-0.4, -0.2) is 43.8 Å². The van der Waals surface area contributed by atoms with Crippen LogP contribution in [0, 0.1) is 0 Å². The molecule has 9 nitrogen and oxygen atoms in total. The highest BCUT2D eigenvalue weighted by atomic mass is 16.5. The summed E-state index contributed by atoms with van der Waals surface area (Å²) in [6.07, 6.45) is 11.0. The van der Waals surface area contributed by atoms with E-state index in [2.05, 4.69) is 43.4 Å². The van der Waals surface area contributed by atoms with Crippen LogP contribution in [0.1, 0.15) is 31.7 Å². The number of benzene rings is 1. The van der Waals surface area contributed by atoms with E-state index in [1.807, 2.05) is 42.2 Å². The number of aromatic nitrogens is 6. The highest BCUT2D eigenvalue weighted by Gasteiger charge is 2.25. The molecule has 0 amide bonds. The van der Waals surface area contributed by atoms with Gasteiger partial charge < -0.3 is 13.9 Å². The molecule has 1 aliphatic carbocycles. The number of aryl methyl sites for hydroxylation is 1. The molecule has 1 aromatic carbocycles. The second-order valence-electron chi connectivity index (χ2n) is 8.36. The molecule has 6 rings (SSSR count). The van der Waals surface area contributed by atoms with Crippen LogP contribution in [0.2, 0.25) is 0 Å². The van der Waals surface area contributed by atoms with E-state index in [-0.39, 0.29) is 0 Å². The third kappa shape index (κ3) is 3.40. The van der Waals surface area contributed by atoms with Gasteiger partial charge >= 0.3 is 0 Å². The quantitative estimate of drug-likeness (QED) is 0.346. The molecule has 5 aromatic rings. The van der Waals surface area contributed by atoms with Crippen molar-refractivity contribution in [3.63, 3.8) is 0 Å². The predicted molar refractivity (Wildman–Crippen MR) is 126 cm³/mol. The highest BCUT2D eigenvalue weighted by Crippen LogP contribution is 2.42. The monoisotopic (exact) mass is 456 g/mol. The van der Waals surface area contributed by atoms with Crippen LogP contribution in [0.15, 0.2) is 53.5 Å². The van der Waals surface area contributed by atoms with Gasteiger partial charge in [-0.3, -0.25) is 4.68 Å². The van der Waals surface area contributed by atoms with Crippen molar-refractivity contribution >= 4 is 5.52 Å². The lowest BCUT2D eigenvalue weighted by Crippen LogP contribution is -1.95. The standard InChI is InChI=1S/C25H24N6O3/c1-4-23-28-29-25(34-23)24-21(32-2)9-16(10-22(24)33-3)19-12-27-31-13-15(5-8-20(19)31)17-11-26-30(14-17)18-6-7-18/h5,8-14,18H,4,6-7H2,1-3H3. The first-order chi connectivity index (χ1) is 16.7. The molecule has 0 spiro atoms. The van der Waals surface area contributed by atoms with Crippen molar-refractivity contribution in [2.75, 3.05) is 14.2 Å². The number of nitrogens with zero attached hydrogens (tertiary/aromatic N) is 6. The van der Waals surface area contributed by atoms with Crippen molar-refractivity contribution in [1.29, 1.82) is 0 Å². The predicted octanol–water partition coefficient (Wildman–Crippen LogP) is 4.83. The van der Waals surface area contributed by atoms with Crippen molar-refractivity contribution in [2.24, 2.45) is 0 Å². The fraction of sp³-hybridized carbons (Fsp3) is 0.280. The van der Waals surface area contributed by atoms with Gasteiger partial charge in [0.1, 0.15) is 17.1 Å². The Morgan fingerprint density at radius 3 is 2.41 bits per heavy atom. The van der Waals surface area contributed by atoms with Gasteiger partial charge in [0.2, 0.25) is 5.89 Å². The summed E-state index contributed by atoms with van der Waals surface area (Å²) < 4.78 is 21.1. The lowest BCUT2D eigenvalue weighted by Gasteiger charge is -2.13. The molecule has 0 unspecified atom stereocenters. The molecule has 0 atom stereocenters. The first kappa shape index (κ1) is 20.5. The van der Waals surface area contributed by atoms with Crippen LogP contribution < -0.4 is 9.47 Å². The molecule has 4 aromatic heterocycles. The van der Waals surface area contributed by atoms with Crippen molar-refractivity contribution < 1.29 is 13.9 Å². The molecule has 1 aliphatic rings. The van der Waals surface area contributed by atoms with E-state index in [9.17, 15) is 0 Å². The Morgan fingerprint density at radius 2 is 1.74 bits per heavy atom. The minimum absolute atomic E-state index is 0.369. The van der Waals surface area contributed by atoms with Gasteiger partial charge in [0, 0.05) is 35.5 Å². The Bertz CT molecular complexity index is 1470. The zero-order valence-corrected chi connectivity index (χ0v) is 19.2. The maximum atomic E-state index is 5.77. The highest BCUT2D eigenvalue weighted by molar-refractivity contribution is 5.86. The van der Waals surface area contributed by atoms with E-state index >= 15 is 0 Å². The van der Waals surface area contributed by atoms with Crippen LogP contribution in [0.5, 0.6) is 11.5 Å². The fourth-order valence-corrected chi connectivity index (χ4v) is 4.18. The van der Waals surface area contributed by atoms with Crippen molar-refractivity contribution in [1.82, 2.24) is 29.6 Å². The van der Waals surface area contributed by atoms with E-state index in [4.69, 9.17) is 13.9 Å². The maximum Gasteiger partial charge on any atom is 0.255 e. The molecule has 0 bridgehead atoms. The number of rotatable bonds is 7. The fourth-order valence-electron chi connectivity index (χ4n) is 4.18. The van der Waals surface area contributed by atoms with E-state index in [1.165, 1.54) is 12.8 Å². The summed E-state index contributed by atoms with van der Waals surface area (Å²) in [5.74, 6) is 2.10. The van der Waals surface area contributed by atoms with Crippen LogP contribution in [0.3, 0.4) is 0 Å². The smallest absolute Gasteiger partial charge is 0.255 e. The minimum atomic E-state index is 0.369. The van der Waals surface area contributed by atoms with Gasteiger partial charge in [-0.05, 0) is 36.6 Å². The van der Waals surface area contributed by atoms with Crippen molar-refractivity contribution in [2.45, 2.75) is 32.2 Å². The Labute approximate surface area is 195 Å². The minimum Gasteiger partial charge on any atom is -0.496 e. The first-order valence-electron chi connectivity index (χ1n) is 11.3. The molecular formula is C25H24N6O3. The summed E-state index contributed by atoms with van der Waals surface area (Å²) in [7, 11) is 3.23. The van der Waals surface area contributed by atoms with E-state index in [1.54, 1.807) is 14.2 Å². The molecular weight excluding hydrogens is 432 g/mol. The third-order valence-corrected chi connectivity index (χ3v) is 6.17. The summed E-state index contributed by atoms with van der Waals surface area (Å²) in [6, 6.07) is 8.62. The maximum absolute atomic E-state index is 5.77. The van der Waals surface area contributed by atoms with Gasteiger partial charge in [0.15, 0.2) is 0 Å². The molecule has 172 valence electrons. The van der Waals surface area contributed by atoms with Crippen molar-refractivity contribution in [3.8, 4) is 45.2 Å². The normalized spacial score (nSPS) is 13.5. The zero-order valence-electron chi connectivity index (χ0n) is 19.2. The number of ether oxygens (including phenoxy) is 2. The number of pyridine rings is 1. The average molecular weight is 457 g/mol. The van der Waals surface area contributed by atoms with Gasteiger partial charge in [-0.2, -0.15) is 10.2 Å². The summed E-state index contributed by atoms with van der Waals surface area (Å²) in [5, 5.41) is 17.4. The Hall–Kier alpha value is -4.14. The first-order valence-corrected chi connectivity index (χ1v) is 11.3. The SMILES string of the molecule is CCc1nnc(-c2c(OC)cc(-c3cnn4cc(-c5cnn(C6CC6)c5)ccc34)cc2OC)o1. The molecule has 0 saturated heterocycles. The molecule has 0 radical (unpaired) electrons. The number of fused-ring (bicyclic) bond motifs is 1. The topological polar surface area (TPSA) is 92.5 Å². The summed E-state index contributed by atoms with van der Waals surface area (Å²) in [5.41, 5.74) is 5.64. The second-order valence-corrected chi connectivity index (χ2v) is 8.36. The Morgan fingerprint density at radius 1 is 0.941 bits per heavy atom. The largest absolute Gasteiger partial charge is 0.496 e. The zero-order chi connectivity index (χ0) is 23.2. The van der Waals surface area contributed by atoms with E-state index in [0.717, 1.165) is 27.8 Å². The number of methoxy groups -OCH3 is 2. The molecule has 4 heterocycles. The summed E-state index contributed by atoms with van der Waals surface area (Å²) >= 11 is 0. The van der Waals surface area contributed by atoms with Gasteiger partial charge in [0.05, 0.1) is 38.2 Å². The Balaban J connectivity index is 1.41. The second kappa shape index (κ2) is 8.02. The summed E-state index contributed by atoms with van der Waals surface area (Å²) in [6.45, 7) is 1.96. The van der Waals surface area contributed by atoms with Gasteiger partial charge in [-0.15, -0.1) is 10.2 Å². The molecule has 0 N–H and O–H groups in total. The van der Waals surface area contributed by atoms with Gasteiger partial charge in [0.25, 0.3) is 5.89 Å². The number of hydrogen-bond acceptors (Lipinski definition) is 7. The lowest BCUT2D eigenvalue weighted by atomic mass is 10.0. The molecule has 9 heteroatoms. The van der Waals surface area contributed by atoms with Crippen LogP contribution in [0.25, 0.3) is 39.2 Å². The third-order valence-electron chi connectivity index (χ3n) is 6.17. The van der Waals surface area contributed by atoms with Gasteiger partial charge in [-0.1, -0.05) is 13.0 Å². The van der Waals surface area contributed by atoms with Crippen molar-refractivity contribution in [3.05, 3.63) is 54.9 Å². The average Bonchev–Trinajstić information content (AvgIpc) is 3.27. The summed E-state index contributed by atoms with van der Waals surface area (Å²) in [4.78, 5) is 0. The van der Waals surface area contributed by atoms with E-state index < -0.39 is 0 Å². The van der Waals surface area contributed by atoms with Gasteiger partial charge in [-0.25, -0.2) is 4.52 Å². The lowest BCUT2D eigenvalue weighted by molar-refractivity contribution is 0.393. The molecule has 0 aliphatic heterocycles. The Kier molecular flexibility index (Phi) is 4.83. The van der Waals surface area contributed by atoms with Crippen LogP contribution >= 0.6 is 0 Å². The van der Waals surface area contributed by atoms with Crippen LogP contribution in [0.4, 0.5) is 0 Å². The molecule has 1 fully saturated rings. The van der Waals surface area contributed by atoms with E-state index in [0.29, 0.717) is 41.3 Å². The molecule has 34 heavy (non-hydrogen) atoms. The molecule has 1 saturated carbocycles. The number of hydrogen-bond donors (Lipinski definition) is 0. The van der Waals surface area contributed by atoms with Crippen LogP contribution in [-0.2, 0) is 6.42 Å².